The number of H-pyrrole nitrogens is 1. The molecule has 126 valence electrons. The Morgan fingerprint density at radius 2 is 2.16 bits per heavy atom. The van der Waals surface area contributed by atoms with Gasteiger partial charge in [-0.2, -0.15) is 5.10 Å². The van der Waals surface area contributed by atoms with Gasteiger partial charge in [-0.1, -0.05) is 17.3 Å². The van der Waals surface area contributed by atoms with E-state index in [1.807, 2.05) is 0 Å². The maximum atomic E-state index is 13.5. The van der Waals surface area contributed by atoms with E-state index in [2.05, 4.69) is 15.4 Å². The van der Waals surface area contributed by atoms with Crippen LogP contribution in [0.1, 0.15) is 21.8 Å². The molecule has 4 rings (SSSR count). The molecule has 1 amide bonds. The molecule has 1 aromatic carbocycles. The second kappa shape index (κ2) is 5.97. The molecule has 1 aliphatic heterocycles. The van der Waals surface area contributed by atoms with Crippen LogP contribution in [0.5, 0.6) is 0 Å². The summed E-state index contributed by atoms with van der Waals surface area (Å²) < 4.78 is 18.8. The topological polar surface area (TPSA) is 92.1 Å². The first-order valence-corrected chi connectivity index (χ1v) is 7.70. The van der Waals surface area contributed by atoms with Crippen LogP contribution in [0.3, 0.4) is 0 Å². The maximum Gasteiger partial charge on any atom is 0.274 e. The number of halogens is 1. The van der Waals surface area contributed by atoms with E-state index >= 15 is 0 Å². The Morgan fingerprint density at radius 1 is 1.28 bits per heavy atom. The summed E-state index contributed by atoms with van der Waals surface area (Å²) in [7, 11) is 0. The number of carbonyl (C=O) groups is 1. The Bertz CT molecular complexity index is 991. The van der Waals surface area contributed by atoms with E-state index in [4.69, 9.17) is 4.52 Å². The zero-order valence-corrected chi connectivity index (χ0v) is 13.0. The summed E-state index contributed by atoms with van der Waals surface area (Å²) >= 11 is 0. The molecule has 1 aliphatic rings. The van der Waals surface area contributed by atoms with Crippen molar-refractivity contribution in [3.8, 4) is 11.3 Å². The van der Waals surface area contributed by atoms with Crippen LogP contribution in [0.15, 0.2) is 45.7 Å². The first kappa shape index (κ1) is 15.3. The third-order valence-electron chi connectivity index (χ3n) is 4.11. The summed E-state index contributed by atoms with van der Waals surface area (Å²) in [5.74, 6) is 0.0291. The summed E-state index contributed by atoms with van der Waals surface area (Å²) in [6.07, 6.45) is 0.507. The highest BCUT2D eigenvalue weighted by atomic mass is 19.1. The van der Waals surface area contributed by atoms with Gasteiger partial charge in [-0.25, -0.2) is 9.49 Å². The number of hydrogen-bond donors (Lipinski definition) is 1. The molecule has 8 heteroatoms. The molecule has 0 saturated heterocycles. The molecule has 0 bridgehead atoms. The predicted molar refractivity (Wildman–Crippen MR) is 85.2 cm³/mol. The molecule has 7 nitrogen and oxygen atoms in total. The van der Waals surface area contributed by atoms with E-state index in [1.165, 1.54) is 24.3 Å². The number of benzene rings is 1. The molecule has 2 aromatic heterocycles. The Kier molecular flexibility index (Phi) is 3.64. The molecule has 0 radical (unpaired) electrons. The van der Waals surface area contributed by atoms with Crippen LogP contribution >= 0.6 is 0 Å². The lowest BCUT2D eigenvalue weighted by atomic mass is 10.0. The molecule has 0 atom stereocenters. The third kappa shape index (κ3) is 2.82. The molecule has 3 aromatic rings. The van der Waals surface area contributed by atoms with E-state index < -0.39 is 0 Å². The fourth-order valence-corrected chi connectivity index (χ4v) is 2.87. The molecular formula is C17H13FN4O3. The van der Waals surface area contributed by atoms with Crippen molar-refractivity contribution in [1.82, 2.24) is 20.3 Å². The smallest absolute Gasteiger partial charge is 0.274 e. The minimum Gasteiger partial charge on any atom is -0.360 e. The average molecular weight is 340 g/mol. The fourth-order valence-electron chi connectivity index (χ4n) is 2.87. The number of nitrogens with zero attached hydrogens (tertiary/aromatic N) is 3. The second-order valence-electron chi connectivity index (χ2n) is 5.73. The van der Waals surface area contributed by atoms with E-state index in [0.717, 1.165) is 5.56 Å². The van der Waals surface area contributed by atoms with Crippen molar-refractivity contribution in [2.24, 2.45) is 0 Å². The van der Waals surface area contributed by atoms with Gasteiger partial charge in [-0.15, -0.1) is 0 Å². The third-order valence-corrected chi connectivity index (χ3v) is 4.11. The Balaban J connectivity index is 1.64. The van der Waals surface area contributed by atoms with Gasteiger partial charge in [0.25, 0.3) is 11.5 Å². The van der Waals surface area contributed by atoms with Gasteiger partial charge in [0, 0.05) is 30.2 Å². The normalized spacial score (nSPS) is 13.6. The van der Waals surface area contributed by atoms with Crippen molar-refractivity contribution in [2.45, 2.75) is 13.0 Å². The number of carbonyl (C=O) groups excluding carboxylic acids is 1. The van der Waals surface area contributed by atoms with Crippen LogP contribution in [0.25, 0.3) is 11.3 Å². The standard InChI is InChI=1S/C17H13FN4O3/c18-11-3-1-2-10(8-11)16-12-9-22(7-6-14(12)25-21-16)17(24)13-4-5-15(23)20-19-13/h1-5,8H,6-7,9H2,(H,20,23). The number of fused-ring (bicyclic) bond motifs is 1. The summed E-state index contributed by atoms with van der Waals surface area (Å²) in [5.41, 5.74) is 1.68. The number of nitrogens with one attached hydrogen (secondary N) is 1. The molecule has 1 N–H and O–H groups in total. The van der Waals surface area contributed by atoms with Gasteiger partial charge in [0.15, 0.2) is 0 Å². The summed E-state index contributed by atoms with van der Waals surface area (Å²) in [6, 6.07) is 8.72. The molecule has 3 heterocycles. The average Bonchev–Trinajstić information content (AvgIpc) is 3.05. The van der Waals surface area contributed by atoms with Gasteiger partial charge in [0.2, 0.25) is 0 Å². The van der Waals surface area contributed by atoms with Crippen LogP contribution in [0.2, 0.25) is 0 Å². The Morgan fingerprint density at radius 3 is 2.92 bits per heavy atom. The molecule has 0 unspecified atom stereocenters. The van der Waals surface area contributed by atoms with Gasteiger partial charge < -0.3 is 9.42 Å². The van der Waals surface area contributed by atoms with Crippen molar-refractivity contribution in [3.63, 3.8) is 0 Å². The van der Waals surface area contributed by atoms with Crippen LogP contribution in [0.4, 0.5) is 4.39 Å². The molecule has 0 spiro atoms. The summed E-state index contributed by atoms with van der Waals surface area (Å²) in [5, 5.41) is 10.1. The van der Waals surface area contributed by atoms with Crippen LogP contribution in [-0.4, -0.2) is 32.7 Å². The van der Waals surface area contributed by atoms with Crippen molar-refractivity contribution in [2.75, 3.05) is 6.54 Å². The van der Waals surface area contributed by atoms with Crippen molar-refractivity contribution in [1.29, 1.82) is 0 Å². The quantitative estimate of drug-likeness (QED) is 0.767. The van der Waals surface area contributed by atoms with Crippen LogP contribution < -0.4 is 5.56 Å². The molecule has 0 aliphatic carbocycles. The molecule has 25 heavy (non-hydrogen) atoms. The highest BCUT2D eigenvalue weighted by Gasteiger charge is 2.28. The zero-order chi connectivity index (χ0) is 17.4. The Hall–Kier alpha value is -3.29. The largest absolute Gasteiger partial charge is 0.360 e. The zero-order valence-electron chi connectivity index (χ0n) is 13.0. The first-order valence-electron chi connectivity index (χ1n) is 7.70. The number of amides is 1. The minimum absolute atomic E-state index is 0.159. The van der Waals surface area contributed by atoms with Crippen LogP contribution in [0, 0.1) is 5.82 Å². The number of aromatic nitrogens is 3. The minimum atomic E-state index is -0.370. The number of aromatic amines is 1. The lowest BCUT2D eigenvalue weighted by molar-refractivity contribution is 0.0722. The van der Waals surface area contributed by atoms with Gasteiger partial charge in [0.1, 0.15) is 23.0 Å². The highest BCUT2D eigenvalue weighted by Crippen LogP contribution is 2.30. The van der Waals surface area contributed by atoms with E-state index in [-0.39, 0.29) is 29.5 Å². The number of rotatable bonds is 2. The highest BCUT2D eigenvalue weighted by molar-refractivity contribution is 5.92. The van der Waals surface area contributed by atoms with Gasteiger partial charge in [-0.3, -0.25) is 9.59 Å². The van der Waals surface area contributed by atoms with E-state index in [9.17, 15) is 14.0 Å². The lowest BCUT2D eigenvalue weighted by Gasteiger charge is -2.25. The summed E-state index contributed by atoms with van der Waals surface area (Å²) in [6.45, 7) is 0.731. The molecule has 0 saturated carbocycles. The van der Waals surface area contributed by atoms with Gasteiger partial charge in [0.05, 0.1) is 6.54 Å². The maximum absolute atomic E-state index is 13.5. The predicted octanol–water partition coefficient (Wildman–Crippen LogP) is 1.76. The van der Waals surface area contributed by atoms with E-state index in [0.29, 0.717) is 30.0 Å². The van der Waals surface area contributed by atoms with Gasteiger partial charge >= 0.3 is 0 Å². The first-order chi connectivity index (χ1) is 12.1. The summed E-state index contributed by atoms with van der Waals surface area (Å²) in [4.78, 5) is 25.3. The number of hydrogen-bond acceptors (Lipinski definition) is 5. The Labute approximate surface area is 141 Å². The second-order valence-corrected chi connectivity index (χ2v) is 5.73. The van der Waals surface area contributed by atoms with Crippen molar-refractivity contribution >= 4 is 5.91 Å². The molecular weight excluding hydrogens is 327 g/mol. The van der Waals surface area contributed by atoms with E-state index in [1.54, 1.807) is 17.0 Å². The van der Waals surface area contributed by atoms with Crippen LogP contribution in [-0.2, 0) is 13.0 Å². The monoisotopic (exact) mass is 340 g/mol. The SMILES string of the molecule is O=C(c1ccc(=O)[nH]n1)N1CCc2onc(-c3cccc(F)c3)c2C1. The molecule has 0 fully saturated rings. The van der Waals surface area contributed by atoms with Gasteiger partial charge in [-0.05, 0) is 18.2 Å². The lowest BCUT2D eigenvalue weighted by Crippen LogP contribution is -2.36. The van der Waals surface area contributed by atoms with Crippen molar-refractivity contribution in [3.05, 3.63) is 69.6 Å². The van der Waals surface area contributed by atoms with Crippen molar-refractivity contribution < 1.29 is 13.7 Å². The fraction of sp³-hybridized carbons (Fsp3) is 0.176.